The van der Waals surface area contributed by atoms with E-state index in [0.717, 1.165) is 13.2 Å². The van der Waals surface area contributed by atoms with Gasteiger partial charge in [-0.1, -0.05) is 25.3 Å². The van der Waals surface area contributed by atoms with E-state index in [1.807, 2.05) is 0 Å². The monoisotopic (exact) mass is 253 g/mol. The topological polar surface area (TPSA) is 12.5 Å². The molecule has 2 aliphatic rings. The molecule has 0 aromatic rings. The van der Waals surface area contributed by atoms with Gasteiger partial charge in [-0.2, -0.15) is 0 Å². The van der Waals surface area contributed by atoms with Gasteiger partial charge in [0.1, 0.15) is 0 Å². The zero-order valence-electron chi connectivity index (χ0n) is 11.7. The first-order valence-electron chi connectivity index (χ1n) is 7.06. The molecule has 0 bridgehead atoms. The third-order valence-electron chi connectivity index (χ3n) is 3.72. The summed E-state index contributed by atoms with van der Waals surface area (Å²) in [6.07, 6.45) is 4.11. The summed E-state index contributed by atoms with van der Waals surface area (Å²) in [5.41, 5.74) is 4.16. The number of nitrogens with zero attached hydrogens (tertiary/aromatic N) is 1. The van der Waals surface area contributed by atoms with E-state index in [-0.39, 0.29) is 0 Å². The standard InChI is InChI=1S/C14H27NOSi/c1-17(2,3)12-14-11-16-10-13(14)6-9-15-7-4-5-8-15/h12-13H,4-11H2,1-3H3/b14-12+. The van der Waals surface area contributed by atoms with E-state index in [0.29, 0.717) is 5.92 Å². The van der Waals surface area contributed by atoms with Crippen LogP contribution in [0.5, 0.6) is 0 Å². The largest absolute Gasteiger partial charge is 0.376 e. The Hall–Kier alpha value is -0.123. The normalized spacial score (nSPS) is 29.4. The Labute approximate surface area is 107 Å². The molecule has 2 saturated heterocycles. The van der Waals surface area contributed by atoms with Gasteiger partial charge in [-0.25, -0.2) is 0 Å². The molecule has 2 nitrogen and oxygen atoms in total. The van der Waals surface area contributed by atoms with Crippen LogP contribution >= 0.6 is 0 Å². The lowest BCUT2D eigenvalue weighted by Crippen LogP contribution is -2.24. The van der Waals surface area contributed by atoms with Crippen LogP contribution in [0.1, 0.15) is 19.3 Å². The fourth-order valence-electron chi connectivity index (χ4n) is 2.87. The molecule has 1 unspecified atom stereocenters. The SMILES string of the molecule is C[Si](C)(C)/C=C1\COCC1CCN1CCCC1. The van der Waals surface area contributed by atoms with Gasteiger partial charge in [0.25, 0.3) is 0 Å². The minimum Gasteiger partial charge on any atom is -0.376 e. The summed E-state index contributed by atoms with van der Waals surface area (Å²) >= 11 is 0. The van der Waals surface area contributed by atoms with Crippen molar-refractivity contribution in [2.45, 2.75) is 38.9 Å². The molecular weight excluding hydrogens is 226 g/mol. The van der Waals surface area contributed by atoms with Crippen molar-refractivity contribution in [1.82, 2.24) is 4.90 Å². The predicted molar refractivity (Wildman–Crippen MR) is 76.0 cm³/mol. The average molecular weight is 253 g/mol. The Morgan fingerprint density at radius 2 is 2.00 bits per heavy atom. The van der Waals surface area contributed by atoms with E-state index in [1.165, 1.54) is 38.9 Å². The van der Waals surface area contributed by atoms with Gasteiger partial charge in [-0.05, 0) is 44.5 Å². The molecule has 1 atom stereocenters. The van der Waals surface area contributed by atoms with Crippen molar-refractivity contribution in [2.75, 3.05) is 32.8 Å². The smallest absolute Gasteiger partial charge is 0.0687 e. The minimum atomic E-state index is -1.08. The summed E-state index contributed by atoms with van der Waals surface area (Å²) in [4.78, 5) is 2.62. The second-order valence-corrected chi connectivity index (χ2v) is 11.7. The van der Waals surface area contributed by atoms with E-state index in [9.17, 15) is 0 Å². The first-order valence-corrected chi connectivity index (χ1v) is 10.6. The van der Waals surface area contributed by atoms with Crippen LogP contribution in [-0.2, 0) is 4.74 Å². The molecule has 0 aromatic heterocycles. The zero-order valence-corrected chi connectivity index (χ0v) is 12.7. The fraction of sp³-hybridized carbons (Fsp3) is 0.857. The molecule has 3 heteroatoms. The molecular formula is C14H27NOSi. The number of hydrogen-bond donors (Lipinski definition) is 0. The van der Waals surface area contributed by atoms with Crippen molar-refractivity contribution in [2.24, 2.45) is 5.92 Å². The molecule has 0 saturated carbocycles. The first kappa shape index (κ1) is 13.3. The maximum Gasteiger partial charge on any atom is 0.0687 e. The van der Waals surface area contributed by atoms with Crippen molar-refractivity contribution in [1.29, 1.82) is 0 Å². The van der Waals surface area contributed by atoms with Crippen molar-refractivity contribution >= 4 is 8.07 Å². The number of rotatable bonds is 4. The Kier molecular flexibility index (Phi) is 4.45. The van der Waals surface area contributed by atoms with Gasteiger partial charge in [0.05, 0.1) is 21.3 Å². The molecule has 0 amide bonds. The second-order valence-electron chi connectivity index (χ2n) is 6.63. The van der Waals surface area contributed by atoms with E-state index in [2.05, 4.69) is 30.2 Å². The highest BCUT2D eigenvalue weighted by molar-refractivity contribution is 6.81. The number of likely N-dealkylation sites (tertiary alicyclic amines) is 1. The third kappa shape index (κ3) is 4.23. The molecule has 2 fully saturated rings. The maximum absolute atomic E-state index is 5.67. The number of ether oxygens (including phenoxy) is 1. The van der Waals surface area contributed by atoms with Crippen LogP contribution in [0.3, 0.4) is 0 Å². The summed E-state index contributed by atoms with van der Waals surface area (Å²) in [5, 5.41) is 0. The molecule has 0 radical (unpaired) electrons. The Bertz CT molecular complexity index is 276. The fourth-order valence-corrected chi connectivity index (χ4v) is 4.30. The quantitative estimate of drug-likeness (QED) is 0.714. The molecule has 0 aromatic carbocycles. The van der Waals surface area contributed by atoms with Gasteiger partial charge in [0.2, 0.25) is 0 Å². The molecule has 0 spiro atoms. The van der Waals surface area contributed by atoms with Gasteiger partial charge < -0.3 is 9.64 Å². The number of hydrogen-bond acceptors (Lipinski definition) is 2. The molecule has 2 heterocycles. The van der Waals surface area contributed by atoms with Gasteiger partial charge in [0.15, 0.2) is 0 Å². The highest BCUT2D eigenvalue weighted by Gasteiger charge is 2.25. The maximum atomic E-state index is 5.67. The molecule has 2 rings (SSSR count). The summed E-state index contributed by atoms with van der Waals surface area (Å²) in [6, 6.07) is 0. The van der Waals surface area contributed by atoms with E-state index in [1.54, 1.807) is 5.57 Å². The summed E-state index contributed by atoms with van der Waals surface area (Å²) in [6.45, 7) is 13.0. The molecule has 17 heavy (non-hydrogen) atoms. The lowest BCUT2D eigenvalue weighted by molar-refractivity contribution is 0.181. The van der Waals surface area contributed by atoms with Crippen LogP contribution in [0, 0.1) is 5.92 Å². The van der Waals surface area contributed by atoms with Crippen LogP contribution in [0.25, 0.3) is 0 Å². The zero-order chi connectivity index (χ0) is 12.3. The van der Waals surface area contributed by atoms with E-state index >= 15 is 0 Å². The third-order valence-corrected chi connectivity index (χ3v) is 4.96. The van der Waals surface area contributed by atoms with E-state index in [4.69, 9.17) is 4.74 Å². The molecule has 2 aliphatic heterocycles. The summed E-state index contributed by atoms with van der Waals surface area (Å²) < 4.78 is 5.67. The highest BCUT2D eigenvalue weighted by atomic mass is 28.3. The van der Waals surface area contributed by atoms with Crippen molar-refractivity contribution < 1.29 is 4.74 Å². The van der Waals surface area contributed by atoms with Gasteiger partial charge in [-0.15, -0.1) is 0 Å². The van der Waals surface area contributed by atoms with Crippen LogP contribution in [0.15, 0.2) is 11.3 Å². The van der Waals surface area contributed by atoms with Gasteiger partial charge >= 0.3 is 0 Å². The summed E-state index contributed by atoms with van der Waals surface area (Å²) in [7, 11) is -1.08. The summed E-state index contributed by atoms with van der Waals surface area (Å²) in [5.74, 6) is 0.710. The van der Waals surface area contributed by atoms with Crippen molar-refractivity contribution in [3.05, 3.63) is 11.3 Å². The molecule has 0 N–H and O–H groups in total. The first-order chi connectivity index (χ1) is 8.04. The molecule has 0 aliphatic carbocycles. The van der Waals surface area contributed by atoms with Gasteiger partial charge in [0, 0.05) is 5.92 Å². The van der Waals surface area contributed by atoms with Crippen molar-refractivity contribution in [3.8, 4) is 0 Å². The molecule has 98 valence electrons. The second kappa shape index (κ2) is 5.68. The Morgan fingerprint density at radius 1 is 1.29 bits per heavy atom. The van der Waals surface area contributed by atoms with Crippen LogP contribution in [-0.4, -0.2) is 45.8 Å². The van der Waals surface area contributed by atoms with Crippen LogP contribution in [0.2, 0.25) is 19.6 Å². The average Bonchev–Trinajstić information content (AvgIpc) is 2.83. The lowest BCUT2D eigenvalue weighted by atomic mass is 10.0. The lowest BCUT2D eigenvalue weighted by Gasteiger charge is -2.19. The van der Waals surface area contributed by atoms with E-state index < -0.39 is 8.07 Å². The Morgan fingerprint density at radius 3 is 2.65 bits per heavy atom. The predicted octanol–water partition coefficient (Wildman–Crippen LogP) is 2.92. The highest BCUT2D eigenvalue weighted by Crippen LogP contribution is 2.26. The Balaban J connectivity index is 1.84. The van der Waals surface area contributed by atoms with Crippen LogP contribution < -0.4 is 0 Å². The van der Waals surface area contributed by atoms with Crippen LogP contribution in [0.4, 0.5) is 0 Å². The van der Waals surface area contributed by atoms with Crippen molar-refractivity contribution in [3.63, 3.8) is 0 Å². The minimum absolute atomic E-state index is 0.710. The van der Waals surface area contributed by atoms with Gasteiger partial charge in [-0.3, -0.25) is 0 Å².